The number of Topliss-reactive ketones (excluding diaryl/α,β-unsaturated/α-hetero) is 1. The fourth-order valence-corrected chi connectivity index (χ4v) is 2.68. The number of carbonyl (C=O) groups excluding carboxylic acids is 2. The predicted octanol–water partition coefficient (Wildman–Crippen LogP) is 3.88. The number of carbonyl (C=O) groups is 2. The van der Waals surface area contributed by atoms with Gasteiger partial charge in [-0.3, -0.25) is 19.7 Å². The highest BCUT2D eigenvalue weighted by atomic mass is 79.9. The molecule has 0 spiro atoms. The van der Waals surface area contributed by atoms with E-state index in [1.807, 2.05) is 0 Å². The van der Waals surface area contributed by atoms with Crippen LogP contribution in [0.3, 0.4) is 0 Å². The number of halogens is 3. The lowest BCUT2D eigenvalue weighted by Gasteiger charge is -2.08. The van der Waals surface area contributed by atoms with E-state index in [0.29, 0.717) is 10.2 Å². The molecule has 130 valence electrons. The number of hydrogen-bond acceptors (Lipinski definition) is 4. The number of benzene rings is 2. The zero-order valence-corrected chi connectivity index (χ0v) is 14.9. The minimum absolute atomic E-state index is 0.00433. The highest BCUT2D eigenvalue weighted by Crippen LogP contribution is 2.22. The summed E-state index contributed by atoms with van der Waals surface area (Å²) in [7, 11) is 0. The molecule has 0 fully saturated rings. The van der Waals surface area contributed by atoms with Crippen LogP contribution < -0.4 is 5.32 Å². The molecule has 9 heteroatoms. The maximum Gasteiger partial charge on any atom is 0.265 e. The van der Waals surface area contributed by atoms with Crippen LogP contribution in [0, 0.1) is 15.9 Å². The first-order valence-electron chi connectivity index (χ1n) is 6.94. The van der Waals surface area contributed by atoms with Crippen LogP contribution in [0.1, 0.15) is 15.9 Å². The Kier molecular flexibility index (Phi) is 6.22. The highest BCUT2D eigenvalue weighted by Gasteiger charge is 2.17. The van der Waals surface area contributed by atoms with E-state index in [0.717, 1.165) is 0 Å². The van der Waals surface area contributed by atoms with Gasteiger partial charge in [-0.05, 0) is 35.9 Å². The van der Waals surface area contributed by atoms with Crippen molar-refractivity contribution in [1.82, 2.24) is 0 Å². The summed E-state index contributed by atoms with van der Waals surface area (Å²) in [6.07, 6.45) is -0.182. The molecule has 0 aliphatic carbocycles. The summed E-state index contributed by atoms with van der Waals surface area (Å²) in [6.45, 7) is -0.867. The third kappa shape index (κ3) is 5.33. The van der Waals surface area contributed by atoms with Crippen LogP contribution in [0.15, 0.2) is 40.9 Å². The van der Waals surface area contributed by atoms with Crippen LogP contribution >= 0.6 is 27.5 Å². The monoisotopic (exact) mass is 428 g/mol. The average Bonchev–Trinajstić information content (AvgIpc) is 2.49. The van der Waals surface area contributed by atoms with Crippen LogP contribution in [0.4, 0.5) is 10.1 Å². The number of anilines is 1. The molecule has 2 rings (SSSR count). The third-order valence-electron chi connectivity index (χ3n) is 3.19. The Bertz CT molecular complexity index is 860. The van der Waals surface area contributed by atoms with Crippen LogP contribution in [0.25, 0.3) is 0 Å². The van der Waals surface area contributed by atoms with Crippen LogP contribution in [-0.2, 0) is 11.2 Å². The van der Waals surface area contributed by atoms with Gasteiger partial charge in [0.05, 0.1) is 11.4 Å². The molecule has 0 aliphatic heterocycles. The van der Waals surface area contributed by atoms with Crippen LogP contribution in [0.2, 0.25) is 5.02 Å². The van der Waals surface area contributed by atoms with E-state index in [2.05, 4.69) is 21.2 Å². The minimum atomic E-state index is -0.867. The highest BCUT2D eigenvalue weighted by molar-refractivity contribution is 9.10. The molecule has 2 aromatic carbocycles. The molecule has 0 bridgehead atoms. The largest absolute Gasteiger partial charge is 0.326 e. The van der Waals surface area contributed by atoms with Gasteiger partial charge in [0.2, 0.25) is 11.7 Å². The summed E-state index contributed by atoms with van der Waals surface area (Å²) < 4.78 is 14.3. The minimum Gasteiger partial charge on any atom is -0.326 e. The second kappa shape index (κ2) is 8.17. The van der Waals surface area contributed by atoms with Crippen molar-refractivity contribution in [3.63, 3.8) is 0 Å². The second-order valence-electron chi connectivity index (χ2n) is 5.07. The Morgan fingerprint density at radius 3 is 2.56 bits per heavy atom. The molecule has 0 atom stereocenters. The molecule has 0 radical (unpaired) electrons. The van der Waals surface area contributed by atoms with Gasteiger partial charge in [0.15, 0.2) is 0 Å². The smallest absolute Gasteiger partial charge is 0.265 e. The fraction of sp³-hybridized carbons (Fsp3) is 0.125. The van der Waals surface area contributed by atoms with Gasteiger partial charge in [0.1, 0.15) is 5.82 Å². The van der Waals surface area contributed by atoms with E-state index >= 15 is 0 Å². The molecule has 0 saturated heterocycles. The number of ketones is 1. The zero-order chi connectivity index (χ0) is 18.6. The Morgan fingerprint density at radius 1 is 1.24 bits per heavy atom. The van der Waals surface area contributed by atoms with Gasteiger partial charge in [0.25, 0.3) is 6.54 Å². The normalized spacial score (nSPS) is 10.4. The van der Waals surface area contributed by atoms with Crippen molar-refractivity contribution in [2.24, 2.45) is 0 Å². The summed E-state index contributed by atoms with van der Waals surface area (Å²) in [4.78, 5) is 33.3. The Balaban J connectivity index is 2.07. The Hall–Kier alpha value is -2.32. The molecular formula is C16H11BrClFN2O4. The maximum absolute atomic E-state index is 13.7. The third-order valence-corrected chi connectivity index (χ3v) is 4.00. The SMILES string of the molecule is O=C(Cc1ccc(Br)cc1F)Nc1ccc(C(=O)C[N+](=O)[O-])c(Cl)c1. The van der Waals surface area contributed by atoms with Crippen molar-refractivity contribution in [1.29, 1.82) is 0 Å². The molecule has 1 N–H and O–H groups in total. The zero-order valence-electron chi connectivity index (χ0n) is 12.6. The van der Waals surface area contributed by atoms with E-state index in [1.54, 1.807) is 6.07 Å². The predicted molar refractivity (Wildman–Crippen MR) is 94.1 cm³/mol. The molecule has 1 amide bonds. The molecule has 0 aliphatic rings. The lowest BCUT2D eigenvalue weighted by molar-refractivity contribution is -0.465. The van der Waals surface area contributed by atoms with Gasteiger partial charge >= 0.3 is 0 Å². The molecule has 0 unspecified atom stereocenters. The van der Waals surface area contributed by atoms with E-state index in [9.17, 15) is 24.1 Å². The Morgan fingerprint density at radius 2 is 1.96 bits per heavy atom. The van der Waals surface area contributed by atoms with E-state index in [4.69, 9.17) is 11.6 Å². The molecule has 25 heavy (non-hydrogen) atoms. The molecule has 6 nitrogen and oxygen atoms in total. The molecule has 0 saturated carbocycles. The van der Waals surface area contributed by atoms with Crippen molar-refractivity contribution in [3.8, 4) is 0 Å². The van der Waals surface area contributed by atoms with E-state index in [-0.39, 0.29) is 22.6 Å². The number of hydrogen-bond donors (Lipinski definition) is 1. The number of nitrogens with zero attached hydrogens (tertiary/aromatic N) is 1. The molecule has 0 aromatic heterocycles. The summed E-state index contributed by atoms with van der Waals surface area (Å²) in [5.74, 6) is -1.71. The van der Waals surface area contributed by atoms with Crippen molar-refractivity contribution in [3.05, 3.63) is 73.0 Å². The van der Waals surface area contributed by atoms with Gasteiger partial charge in [-0.15, -0.1) is 0 Å². The number of rotatable bonds is 6. The Labute approximate surface area is 155 Å². The summed E-state index contributed by atoms with van der Waals surface area (Å²) in [5, 5.41) is 12.9. The quantitative estimate of drug-likeness (QED) is 0.429. The van der Waals surface area contributed by atoms with Gasteiger partial charge in [-0.1, -0.05) is 33.6 Å². The van der Waals surface area contributed by atoms with Gasteiger partial charge in [0, 0.05) is 20.6 Å². The first-order valence-corrected chi connectivity index (χ1v) is 8.11. The lowest BCUT2D eigenvalue weighted by Crippen LogP contribution is -2.16. The number of amides is 1. The topological polar surface area (TPSA) is 89.3 Å². The number of nitro groups is 1. The van der Waals surface area contributed by atoms with Crippen molar-refractivity contribution >= 4 is 44.9 Å². The van der Waals surface area contributed by atoms with Crippen LogP contribution in [-0.4, -0.2) is 23.2 Å². The van der Waals surface area contributed by atoms with Gasteiger partial charge in [-0.25, -0.2) is 4.39 Å². The van der Waals surface area contributed by atoms with Gasteiger partial charge in [-0.2, -0.15) is 0 Å². The van der Waals surface area contributed by atoms with Crippen molar-refractivity contribution < 1.29 is 18.9 Å². The first kappa shape index (κ1) is 19.0. The maximum atomic E-state index is 13.7. The average molecular weight is 430 g/mol. The van der Waals surface area contributed by atoms with Crippen LogP contribution in [0.5, 0.6) is 0 Å². The van der Waals surface area contributed by atoms with Crippen molar-refractivity contribution in [2.45, 2.75) is 6.42 Å². The molecule has 2 aromatic rings. The standard InChI is InChI=1S/C16H11BrClFN2O4/c17-10-2-1-9(14(19)6-10)5-16(23)20-11-3-4-12(13(18)7-11)15(22)8-21(24)25/h1-4,6-7H,5,8H2,(H,20,23). The molecular weight excluding hydrogens is 419 g/mol. The summed E-state index contributed by atoms with van der Waals surface area (Å²) in [5.41, 5.74) is 0.519. The van der Waals surface area contributed by atoms with E-state index < -0.39 is 29.0 Å². The number of nitrogens with one attached hydrogen (secondary N) is 1. The fourth-order valence-electron chi connectivity index (χ4n) is 2.06. The van der Waals surface area contributed by atoms with Crippen molar-refractivity contribution in [2.75, 3.05) is 11.9 Å². The van der Waals surface area contributed by atoms with Gasteiger partial charge < -0.3 is 5.32 Å². The summed E-state index contributed by atoms with van der Waals surface area (Å²) in [6, 6.07) is 8.38. The summed E-state index contributed by atoms with van der Waals surface area (Å²) >= 11 is 9.07. The first-order chi connectivity index (χ1) is 11.8. The lowest BCUT2D eigenvalue weighted by atomic mass is 10.1. The van der Waals surface area contributed by atoms with E-state index in [1.165, 1.54) is 30.3 Å². The second-order valence-corrected chi connectivity index (χ2v) is 6.39. The molecule has 0 heterocycles.